The number of para-hydroxylation sites is 2. The second-order valence-corrected chi connectivity index (χ2v) is 3.67. The quantitative estimate of drug-likeness (QED) is 0.657. The molecule has 3 aromatic rings. The number of aromatic amines is 1. The highest BCUT2D eigenvalue weighted by Crippen LogP contribution is 2.21. The molecule has 0 fully saturated rings. The Morgan fingerprint density at radius 1 is 1.21 bits per heavy atom. The summed E-state index contributed by atoms with van der Waals surface area (Å²) in [6.07, 6.45) is 1.71. The van der Waals surface area contributed by atoms with Crippen LogP contribution >= 0.6 is 11.5 Å². The summed E-state index contributed by atoms with van der Waals surface area (Å²) in [5, 5.41) is 3.78. The molecule has 0 atom stereocenters. The summed E-state index contributed by atoms with van der Waals surface area (Å²) in [5.41, 5.74) is 2.01. The zero-order chi connectivity index (χ0) is 9.38. The lowest BCUT2D eigenvalue weighted by Gasteiger charge is -1.83. The highest BCUT2D eigenvalue weighted by molar-refractivity contribution is 7.09. The number of rotatable bonds is 1. The predicted octanol–water partition coefficient (Wildman–Crippen LogP) is 2.08. The number of imidazole rings is 1. The van der Waals surface area contributed by atoms with Gasteiger partial charge in [-0.1, -0.05) is 16.6 Å². The van der Waals surface area contributed by atoms with Crippen LogP contribution in [0.1, 0.15) is 0 Å². The zero-order valence-electron chi connectivity index (χ0n) is 7.14. The van der Waals surface area contributed by atoms with Crippen LogP contribution in [0.4, 0.5) is 0 Å². The molecular formula is C9H6N4S. The largest absolute Gasteiger partial charge is 0.337 e. The molecule has 1 N–H and O–H groups in total. The van der Waals surface area contributed by atoms with Crippen LogP contribution in [0.2, 0.25) is 0 Å². The molecule has 0 unspecified atom stereocenters. The van der Waals surface area contributed by atoms with Crippen molar-refractivity contribution in [2.24, 2.45) is 0 Å². The molecule has 5 heteroatoms. The van der Waals surface area contributed by atoms with Gasteiger partial charge in [-0.3, -0.25) is 0 Å². The normalized spacial score (nSPS) is 10.9. The summed E-state index contributed by atoms with van der Waals surface area (Å²) in [4.78, 5) is 8.61. The number of fused-ring (bicyclic) bond motifs is 1. The highest BCUT2D eigenvalue weighted by Gasteiger charge is 2.05. The number of hydrogen-bond acceptors (Lipinski definition) is 4. The Kier molecular flexibility index (Phi) is 1.57. The number of benzene rings is 1. The molecule has 4 nitrogen and oxygen atoms in total. The number of hydrogen-bond donors (Lipinski definition) is 1. The van der Waals surface area contributed by atoms with Crippen LogP contribution in [0.3, 0.4) is 0 Å². The predicted molar refractivity (Wildman–Crippen MR) is 55.0 cm³/mol. The van der Waals surface area contributed by atoms with E-state index in [4.69, 9.17) is 0 Å². The summed E-state index contributed by atoms with van der Waals surface area (Å²) >= 11 is 1.34. The third-order valence-corrected chi connectivity index (χ3v) is 2.66. The average Bonchev–Trinajstić information content (AvgIpc) is 2.86. The van der Waals surface area contributed by atoms with Gasteiger partial charge in [-0.15, -0.1) is 5.10 Å². The average molecular weight is 202 g/mol. The standard InChI is InChI=1S/C9H6N4S/c1-2-4-7-6(3-1)11-9(12-7)8-5-10-13-14-8/h1-5H,(H,11,12). The molecule has 1 aromatic carbocycles. The maximum absolute atomic E-state index is 4.43. The third kappa shape index (κ3) is 1.10. The van der Waals surface area contributed by atoms with Crippen molar-refractivity contribution in [3.8, 4) is 10.7 Å². The number of nitrogens with zero attached hydrogens (tertiary/aromatic N) is 3. The van der Waals surface area contributed by atoms with Gasteiger partial charge in [0, 0.05) is 0 Å². The Morgan fingerprint density at radius 3 is 2.93 bits per heavy atom. The van der Waals surface area contributed by atoms with E-state index in [0.717, 1.165) is 21.7 Å². The van der Waals surface area contributed by atoms with Gasteiger partial charge in [0.15, 0.2) is 5.82 Å². The molecule has 0 saturated heterocycles. The molecule has 2 aromatic heterocycles. The molecule has 3 rings (SSSR count). The minimum absolute atomic E-state index is 0.834. The van der Waals surface area contributed by atoms with Crippen molar-refractivity contribution in [3.05, 3.63) is 30.5 Å². The van der Waals surface area contributed by atoms with E-state index in [2.05, 4.69) is 19.6 Å². The van der Waals surface area contributed by atoms with Gasteiger partial charge in [0.05, 0.1) is 17.2 Å². The minimum atomic E-state index is 0.834. The first-order valence-electron chi connectivity index (χ1n) is 4.16. The fourth-order valence-corrected chi connectivity index (χ4v) is 1.80. The van der Waals surface area contributed by atoms with Crippen molar-refractivity contribution in [1.82, 2.24) is 19.6 Å². The Morgan fingerprint density at radius 2 is 2.14 bits per heavy atom. The third-order valence-electron chi connectivity index (χ3n) is 1.98. The first-order chi connectivity index (χ1) is 6.93. The van der Waals surface area contributed by atoms with E-state index in [9.17, 15) is 0 Å². The first-order valence-corrected chi connectivity index (χ1v) is 4.93. The fourth-order valence-electron chi connectivity index (χ4n) is 1.34. The van der Waals surface area contributed by atoms with E-state index < -0.39 is 0 Å². The van der Waals surface area contributed by atoms with Crippen molar-refractivity contribution in [2.75, 3.05) is 0 Å². The maximum Gasteiger partial charge on any atom is 0.151 e. The van der Waals surface area contributed by atoms with Crippen LogP contribution in [-0.4, -0.2) is 19.6 Å². The van der Waals surface area contributed by atoms with Crippen molar-refractivity contribution in [1.29, 1.82) is 0 Å². The zero-order valence-corrected chi connectivity index (χ0v) is 7.95. The molecule has 0 aliphatic rings. The summed E-state index contributed by atoms with van der Waals surface area (Å²) in [6, 6.07) is 7.93. The summed E-state index contributed by atoms with van der Waals surface area (Å²) in [5.74, 6) is 0.834. The lowest BCUT2D eigenvalue weighted by molar-refractivity contribution is 1.15. The molecular weight excluding hydrogens is 196 g/mol. The van der Waals surface area contributed by atoms with Gasteiger partial charge >= 0.3 is 0 Å². The van der Waals surface area contributed by atoms with Gasteiger partial charge in [-0.25, -0.2) is 4.98 Å². The number of H-pyrrole nitrogens is 1. The molecule has 14 heavy (non-hydrogen) atoms. The van der Waals surface area contributed by atoms with Gasteiger partial charge in [0.1, 0.15) is 4.88 Å². The topological polar surface area (TPSA) is 54.5 Å². The lowest BCUT2D eigenvalue weighted by Crippen LogP contribution is -1.72. The van der Waals surface area contributed by atoms with E-state index in [-0.39, 0.29) is 0 Å². The summed E-state index contributed by atoms with van der Waals surface area (Å²) < 4.78 is 3.80. The van der Waals surface area contributed by atoms with Gasteiger partial charge in [-0.05, 0) is 23.7 Å². The second kappa shape index (κ2) is 2.88. The Bertz CT molecular complexity index is 522. The smallest absolute Gasteiger partial charge is 0.151 e. The molecule has 0 bridgehead atoms. The monoisotopic (exact) mass is 202 g/mol. The van der Waals surface area contributed by atoms with Gasteiger partial charge in [0.2, 0.25) is 0 Å². The van der Waals surface area contributed by atoms with Crippen LogP contribution in [-0.2, 0) is 0 Å². The van der Waals surface area contributed by atoms with Crippen LogP contribution in [0.5, 0.6) is 0 Å². The Balaban J connectivity index is 2.24. The van der Waals surface area contributed by atoms with Crippen molar-refractivity contribution in [2.45, 2.75) is 0 Å². The Labute approximate surface area is 83.8 Å². The molecule has 0 saturated carbocycles. The molecule has 0 radical (unpaired) electrons. The molecule has 68 valence electrons. The maximum atomic E-state index is 4.43. The van der Waals surface area contributed by atoms with Gasteiger partial charge in [0.25, 0.3) is 0 Å². The van der Waals surface area contributed by atoms with Crippen molar-refractivity contribution in [3.63, 3.8) is 0 Å². The van der Waals surface area contributed by atoms with Crippen LogP contribution in [0.15, 0.2) is 30.5 Å². The van der Waals surface area contributed by atoms with Gasteiger partial charge in [-0.2, -0.15) is 0 Å². The second-order valence-electron chi connectivity index (χ2n) is 2.88. The van der Waals surface area contributed by atoms with Crippen LogP contribution in [0.25, 0.3) is 21.7 Å². The SMILES string of the molecule is c1ccc2[nH]c(-c3cnns3)nc2c1. The van der Waals surface area contributed by atoms with E-state index in [1.54, 1.807) is 6.20 Å². The number of nitrogens with one attached hydrogen (secondary N) is 1. The summed E-state index contributed by atoms with van der Waals surface area (Å²) in [7, 11) is 0. The van der Waals surface area contributed by atoms with E-state index in [1.807, 2.05) is 24.3 Å². The van der Waals surface area contributed by atoms with E-state index in [1.165, 1.54) is 11.5 Å². The minimum Gasteiger partial charge on any atom is -0.337 e. The van der Waals surface area contributed by atoms with Crippen molar-refractivity contribution < 1.29 is 0 Å². The van der Waals surface area contributed by atoms with Crippen LogP contribution in [0, 0.1) is 0 Å². The Hall–Kier alpha value is -1.75. The van der Waals surface area contributed by atoms with Gasteiger partial charge < -0.3 is 4.98 Å². The molecule has 2 heterocycles. The number of aromatic nitrogens is 4. The fraction of sp³-hybridized carbons (Fsp3) is 0. The van der Waals surface area contributed by atoms with E-state index >= 15 is 0 Å². The molecule has 0 aliphatic heterocycles. The molecule has 0 amide bonds. The highest BCUT2D eigenvalue weighted by atomic mass is 32.1. The van der Waals surface area contributed by atoms with E-state index in [0.29, 0.717) is 0 Å². The lowest BCUT2D eigenvalue weighted by atomic mass is 10.3. The van der Waals surface area contributed by atoms with Crippen LogP contribution < -0.4 is 0 Å². The first kappa shape index (κ1) is 7.64. The molecule has 0 spiro atoms. The molecule has 0 aliphatic carbocycles. The van der Waals surface area contributed by atoms with Crippen molar-refractivity contribution >= 4 is 22.6 Å². The summed E-state index contributed by atoms with van der Waals surface area (Å²) in [6.45, 7) is 0.